The minimum Gasteiger partial charge on any atom is -0.465 e. The molecule has 0 fully saturated rings. The molecule has 6 nitrogen and oxygen atoms in total. The van der Waals surface area contributed by atoms with Crippen LogP contribution in [0, 0.1) is 5.82 Å². The Hall–Kier alpha value is -3.39. The number of benzene rings is 3. The van der Waals surface area contributed by atoms with E-state index >= 15 is 0 Å². The second-order valence-corrected chi connectivity index (χ2v) is 8.75. The third-order valence-corrected chi connectivity index (χ3v) is 6.82. The Morgan fingerprint density at radius 1 is 0.938 bits per heavy atom. The number of esters is 1. The highest BCUT2D eigenvalue weighted by Crippen LogP contribution is 2.29. The molecule has 0 atom stereocenters. The lowest BCUT2D eigenvalue weighted by Crippen LogP contribution is -2.31. The Labute approximate surface area is 187 Å². The van der Waals surface area contributed by atoms with E-state index in [1.54, 1.807) is 37.3 Å². The third kappa shape index (κ3) is 4.91. The van der Waals surface area contributed by atoms with Crippen LogP contribution in [0.3, 0.4) is 0 Å². The van der Waals surface area contributed by atoms with Gasteiger partial charge >= 0.3 is 5.97 Å². The molecule has 8 heteroatoms. The van der Waals surface area contributed by atoms with Crippen molar-refractivity contribution in [2.45, 2.75) is 25.2 Å². The fourth-order valence-electron chi connectivity index (χ4n) is 3.26. The first kappa shape index (κ1) is 23.3. The van der Waals surface area contributed by atoms with Gasteiger partial charge in [0, 0.05) is 6.54 Å². The maximum atomic E-state index is 13.3. The molecular weight excluding hydrogens is 433 g/mol. The minimum absolute atomic E-state index is 0.00332. The predicted molar refractivity (Wildman–Crippen MR) is 120 cm³/mol. The molecule has 0 aliphatic carbocycles. The van der Waals surface area contributed by atoms with Crippen molar-refractivity contribution in [2.75, 3.05) is 18.0 Å². The van der Waals surface area contributed by atoms with E-state index in [1.807, 2.05) is 6.92 Å². The topological polar surface area (TPSA) is 72.9 Å². The summed E-state index contributed by atoms with van der Waals surface area (Å²) in [5, 5.41) is 0. The van der Waals surface area contributed by atoms with Crippen LogP contribution < -0.4 is 9.04 Å². The lowest BCUT2D eigenvalue weighted by atomic mass is 10.1. The van der Waals surface area contributed by atoms with Crippen molar-refractivity contribution in [1.29, 1.82) is 0 Å². The summed E-state index contributed by atoms with van der Waals surface area (Å²) in [6.07, 6.45) is 0.567. The first-order chi connectivity index (χ1) is 15.3. The highest BCUT2D eigenvalue weighted by Gasteiger charge is 2.26. The quantitative estimate of drug-likeness (QED) is 0.436. The summed E-state index contributed by atoms with van der Waals surface area (Å²) in [6.45, 7) is 3.79. The number of sulfonamides is 1. The summed E-state index contributed by atoms with van der Waals surface area (Å²) in [5.74, 6) is 0.00243. The summed E-state index contributed by atoms with van der Waals surface area (Å²) in [6, 6.07) is 16.6. The Morgan fingerprint density at radius 3 is 2.06 bits per heavy atom. The lowest BCUT2D eigenvalue weighted by molar-refractivity contribution is 0.0599. The van der Waals surface area contributed by atoms with Crippen LogP contribution in [-0.2, 0) is 21.2 Å². The summed E-state index contributed by atoms with van der Waals surface area (Å²) in [7, 11) is -2.67. The highest BCUT2D eigenvalue weighted by atomic mass is 32.2. The second kappa shape index (κ2) is 9.82. The fourth-order valence-corrected chi connectivity index (χ4v) is 4.76. The Bertz CT molecular complexity index is 1190. The molecule has 0 aliphatic rings. The van der Waals surface area contributed by atoms with E-state index in [1.165, 1.54) is 47.8 Å². The van der Waals surface area contributed by atoms with Gasteiger partial charge in [-0.2, -0.15) is 0 Å². The number of nitrogens with zero attached hydrogens (tertiary/aromatic N) is 1. The standard InChI is InChI=1S/C24H24FNO5S/c1-4-17-6-15-22(16-23(17)24(27)30-3)32(28,29)26(5-2)19-9-13-21(14-10-19)31-20-11-7-18(25)8-12-20/h6-16H,4-5H2,1-3H3. The van der Waals surface area contributed by atoms with Gasteiger partial charge in [-0.1, -0.05) is 13.0 Å². The van der Waals surface area contributed by atoms with Gasteiger partial charge in [-0.25, -0.2) is 17.6 Å². The number of hydrogen-bond donors (Lipinski definition) is 0. The number of carbonyl (C=O) groups is 1. The monoisotopic (exact) mass is 457 g/mol. The van der Waals surface area contributed by atoms with E-state index in [0.717, 1.165) is 0 Å². The number of aryl methyl sites for hydroxylation is 1. The van der Waals surface area contributed by atoms with Gasteiger partial charge in [0.05, 0.1) is 23.3 Å². The predicted octanol–water partition coefficient (Wildman–Crippen LogP) is 5.18. The van der Waals surface area contributed by atoms with E-state index in [0.29, 0.717) is 29.2 Å². The van der Waals surface area contributed by atoms with Crippen LogP contribution >= 0.6 is 0 Å². The first-order valence-corrected chi connectivity index (χ1v) is 11.5. The molecule has 3 aromatic carbocycles. The van der Waals surface area contributed by atoms with Crippen LogP contribution in [0.15, 0.2) is 71.6 Å². The molecule has 0 aromatic heterocycles. The first-order valence-electron chi connectivity index (χ1n) is 10.1. The van der Waals surface area contributed by atoms with E-state index in [4.69, 9.17) is 9.47 Å². The molecule has 0 saturated heterocycles. The maximum absolute atomic E-state index is 13.3. The number of hydrogen-bond acceptors (Lipinski definition) is 5. The number of anilines is 1. The maximum Gasteiger partial charge on any atom is 0.338 e. The number of carbonyl (C=O) groups excluding carboxylic acids is 1. The normalized spacial score (nSPS) is 11.1. The van der Waals surface area contributed by atoms with Gasteiger partial charge in [-0.3, -0.25) is 4.31 Å². The number of ether oxygens (including phenoxy) is 2. The summed E-state index contributed by atoms with van der Waals surface area (Å²) >= 11 is 0. The fraction of sp³-hybridized carbons (Fsp3) is 0.208. The van der Waals surface area contributed by atoms with Crippen molar-refractivity contribution in [1.82, 2.24) is 0 Å². The summed E-state index contributed by atoms with van der Waals surface area (Å²) in [4.78, 5) is 12.1. The molecule has 0 saturated carbocycles. The van der Waals surface area contributed by atoms with Crippen LogP contribution in [0.5, 0.6) is 11.5 Å². The molecule has 0 unspecified atom stereocenters. The van der Waals surface area contributed by atoms with Gasteiger partial charge in [0.1, 0.15) is 17.3 Å². The molecule has 0 bridgehead atoms. The summed E-state index contributed by atoms with van der Waals surface area (Å²) in [5.41, 5.74) is 1.38. The van der Waals surface area contributed by atoms with Crippen molar-refractivity contribution in [3.63, 3.8) is 0 Å². The molecule has 168 valence electrons. The van der Waals surface area contributed by atoms with Gasteiger partial charge < -0.3 is 9.47 Å². The van der Waals surface area contributed by atoms with Crippen molar-refractivity contribution in [3.8, 4) is 11.5 Å². The van der Waals surface area contributed by atoms with Crippen LogP contribution in [0.2, 0.25) is 0 Å². The lowest BCUT2D eigenvalue weighted by Gasteiger charge is -2.23. The van der Waals surface area contributed by atoms with E-state index < -0.39 is 16.0 Å². The molecule has 0 amide bonds. The van der Waals surface area contributed by atoms with E-state index in [9.17, 15) is 17.6 Å². The molecule has 3 rings (SSSR count). The number of rotatable bonds is 8. The average Bonchev–Trinajstić information content (AvgIpc) is 2.81. The molecule has 0 radical (unpaired) electrons. The minimum atomic E-state index is -3.93. The summed E-state index contributed by atoms with van der Waals surface area (Å²) < 4.78 is 51.4. The van der Waals surface area contributed by atoms with Crippen LogP contribution in [0.1, 0.15) is 29.8 Å². The van der Waals surface area contributed by atoms with E-state index in [-0.39, 0.29) is 22.8 Å². The molecule has 0 heterocycles. The largest absolute Gasteiger partial charge is 0.465 e. The van der Waals surface area contributed by atoms with Crippen molar-refractivity contribution in [2.24, 2.45) is 0 Å². The van der Waals surface area contributed by atoms with Crippen molar-refractivity contribution < 1.29 is 27.1 Å². The van der Waals surface area contributed by atoms with Gasteiger partial charge in [-0.05, 0) is 79.6 Å². The zero-order valence-electron chi connectivity index (χ0n) is 18.0. The molecule has 0 aliphatic heterocycles. The van der Waals surface area contributed by atoms with Gasteiger partial charge in [0.15, 0.2) is 0 Å². The van der Waals surface area contributed by atoms with Crippen LogP contribution in [-0.4, -0.2) is 28.0 Å². The molecule has 3 aromatic rings. The van der Waals surface area contributed by atoms with Crippen LogP contribution in [0.4, 0.5) is 10.1 Å². The second-order valence-electron chi connectivity index (χ2n) is 6.88. The highest BCUT2D eigenvalue weighted by molar-refractivity contribution is 7.92. The van der Waals surface area contributed by atoms with Gasteiger partial charge in [-0.15, -0.1) is 0 Å². The van der Waals surface area contributed by atoms with Gasteiger partial charge in [0.2, 0.25) is 0 Å². The Morgan fingerprint density at radius 2 is 1.53 bits per heavy atom. The van der Waals surface area contributed by atoms with Crippen molar-refractivity contribution >= 4 is 21.7 Å². The van der Waals surface area contributed by atoms with Gasteiger partial charge in [0.25, 0.3) is 10.0 Å². The zero-order chi connectivity index (χ0) is 23.3. The van der Waals surface area contributed by atoms with Crippen LogP contribution in [0.25, 0.3) is 0 Å². The molecule has 32 heavy (non-hydrogen) atoms. The van der Waals surface area contributed by atoms with E-state index in [2.05, 4.69) is 0 Å². The Kier molecular flexibility index (Phi) is 7.15. The Balaban J connectivity index is 1.90. The zero-order valence-corrected chi connectivity index (χ0v) is 18.9. The molecular formula is C24H24FNO5S. The smallest absolute Gasteiger partial charge is 0.338 e. The number of methoxy groups -OCH3 is 1. The van der Waals surface area contributed by atoms with Crippen molar-refractivity contribution in [3.05, 3.63) is 83.7 Å². The molecule has 0 N–H and O–H groups in total. The third-order valence-electron chi connectivity index (χ3n) is 4.92. The number of halogens is 1. The average molecular weight is 458 g/mol. The molecule has 0 spiro atoms. The SMILES string of the molecule is CCc1ccc(S(=O)(=O)N(CC)c2ccc(Oc3ccc(F)cc3)cc2)cc1C(=O)OC.